The van der Waals surface area contributed by atoms with Crippen molar-refractivity contribution in [3.8, 4) is 0 Å². The van der Waals surface area contributed by atoms with E-state index in [0.717, 1.165) is 13.0 Å². The Balaban J connectivity index is 2.72. The Kier molecular flexibility index (Phi) is 5.59. The van der Waals surface area contributed by atoms with E-state index in [-0.39, 0.29) is 23.8 Å². The van der Waals surface area contributed by atoms with Crippen LogP contribution in [0.3, 0.4) is 0 Å². The van der Waals surface area contributed by atoms with Crippen molar-refractivity contribution in [2.24, 2.45) is 5.92 Å². The van der Waals surface area contributed by atoms with E-state index < -0.39 is 0 Å². The van der Waals surface area contributed by atoms with Gasteiger partial charge in [-0.05, 0) is 19.4 Å². The second kappa shape index (κ2) is 6.73. The Labute approximate surface area is 110 Å². The zero-order chi connectivity index (χ0) is 13.7. The third-order valence-corrected chi connectivity index (χ3v) is 3.40. The van der Waals surface area contributed by atoms with Crippen LogP contribution >= 0.6 is 0 Å². The number of nitrogens with zero attached hydrogens (tertiary/aromatic N) is 2. The molecule has 1 N–H and O–H groups in total. The molecule has 1 aliphatic rings. The van der Waals surface area contributed by atoms with E-state index in [2.05, 4.69) is 5.32 Å². The van der Waals surface area contributed by atoms with Crippen LogP contribution < -0.4 is 5.32 Å². The van der Waals surface area contributed by atoms with Crippen molar-refractivity contribution < 1.29 is 9.59 Å². The van der Waals surface area contributed by atoms with Crippen molar-refractivity contribution in [2.45, 2.75) is 32.7 Å². The lowest BCUT2D eigenvalue weighted by Gasteiger charge is -2.33. The number of hydrogen-bond acceptors (Lipinski definition) is 3. The molecule has 0 aromatic heterocycles. The molecule has 0 aromatic carbocycles. The smallest absolute Gasteiger partial charge is 0.245 e. The number of hydrogen-bond donors (Lipinski definition) is 1. The molecule has 1 aliphatic heterocycles. The average Bonchev–Trinajstić information content (AvgIpc) is 2.72. The lowest BCUT2D eigenvalue weighted by Crippen LogP contribution is -2.51. The van der Waals surface area contributed by atoms with E-state index in [1.807, 2.05) is 20.9 Å². The second-order valence-corrected chi connectivity index (χ2v) is 5.24. The number of likely N-dealkylation sites (tertiary alicyclic amines) is 1. The molecule has 1 saturated heterocycles. The van der Waals surface area contributed by atoms with Gasteiger partial charge in [-0.15, -0.1) is 0 Å². The van der Waals surface area contributed by atoms with E-state index in [0.29, 0.717) is 19.5 Å². The van der Waals surface area contributed by atoms with E-state index >= 15 is 0 Å². The van der Waals surface area contributed by atoms with Gasteiger partial charge in [0.2, 0.25) is 11.8 Å². The molecule has 5 nitrogen and oxygen atoms in total. The summed E-state index contributed by atoms with van der Waals surface area (Å²) < 4.78 is 0. The highest BCUT2D eigenvalue weighted by Gasteiger charge is 2.36. The highest BCUT2D eigenvalue weighted by Crippen LogP contribution is 2.20. The van der Waals surface area contributed by atoms with Crippen LogP contribution in [-0.4, -0.2) is 61.4 Å². The molecule has 104 valence electrons. The summed E-state index contributed by atoms with van der Waals surface area (Å²) in [5, 5.41) is 3.03. The number of carbonyl (C=O) groups is 2. The first-order valence-electron chi connectivity index (χ1n) is 6.68. The van der Waals surface area contributed by atoms with Crippen LogP contribution in [0.25, 0.3) is 0 Å². The average molecular weight is 255 g/mol. The first kappa shape index (κ1) is 15.0. The molecule has 1 rings (SSSR count). The van der Waals surface area contributed by atoms with Crippen molar-refractivity contribution in [3.05, 3.63) is 0 Å². The molecular weight excluding hydrogens is 230 g/mol. The summed E-state index contributed by atoms with van der Waals surface area (Å²) in [6.45, 7) is 6.15. The molecule has 1 atom stereocenters. The van der Waals surface area contributed by atoms with Crippen LogP contribution in [0.4, 0.5) is 0 Å². The predicted octanol–water partition coefficient (Wildman–Crippen LogP) is 0.311. The van der Waals surface area contributed by atoms with Gasteiger partial charge < -0.3 is 15.1 Å². The summed E-state index contributed by atoms with van der Waals surface area (Å²) in [6, 6.07) is -0.304. The summed E-state index contributed by atoms with van der Waals surface area (Å²) >= 11 is 0. The fourth-order valence-corrected chi connectivity index (χ4v) is 2.36. The zero-order valence-electron chi connectivity index (χ0n) is 11.9. The number of likely N-dealkylation sites (N-methyl/N-ethyl adjacent to an activating group) is 2. The van der Waals surface area contributed by atoms with Crippen molar-refractivity contribution in [1.82, 2.24) is 15.1 Å². The summed E-state index contributed by atoms with van der Waals surface area (Å²) in [7, 11) is 3.66. The van der Waals surface area contributed by atoms with Gasteiger partial charge in [-0.2, -0.15) is 0 Å². The minimum absolute atomic E-state index is 0.0514. The third kappa shape index (κ3) is 3.45. The van der Waals surface area contributed by atoms with Gasteiger partial charge in [0.15, 0.2) is 0 Å². The maximum atomic E-state index is 12.4. The molecule has 1 heterocycles. The number of nitrogens with one attached hydrogen (secondary N) is 1. The van der Waals surface area contributed by atoms with Crippen LogP contribution in [0.15, 0.2) is 0 Å². The zero-order valence-corrected chi connectivity index (χ0v) is 11.9. The largest absolute Gasteiger partial charge is 0.343 e. The van der Waals surface area contributed by atoms with Crippen LogP contribution in [0, 0.1) is 5.92 Å². The van der Waals surface area contributed by atoms with Gasteiger partial charge in [0, 0.05) is 33.1 Å². The van der Waals surface area contributed by atoms with E-state index in [4.69, 9.17) is 0 Å². The van der Waals surface area contributed by atoms with Gasteiger partial charge in [0.25, 0.3) is 0 Å². The molecule has 0 saturated carbocycles. The van der Waals surface area contributed by atoms with E-state index in [9.17, 15) is 9.59 Å². The molecule has 1 fully saturated rings. The Hall–Kier alpha value is -1.10. The van der Waals surface area contributed by atoms with Crippen molar-refractivity contribution in [2.75, 3.05) is 33.7 Å². The van der Waals surface area contributed by atoms with Crippen LogP contribution in [0.2, 0.25) is 0 Å². The Bertz CT molecular complexity index is 305. The molecular formula is C13H25N3O2. The molecule has 0 spiro atoms. The monoisotopic (exact) mass is 255 g/mol. The SMILES string of the molecule is CNCCN(C)C(=O)C(C(C)C)N1CCCC1=O. The van der Waals surface area contributed by atoms with E-state index in [1.165, 1.54) is 0 Å². The van der Waals surface area contributed by atoms with Crippen molar-refractivity contribution in [3.63, 3.8) is 0 Å². The Morgan fingerprint density at radius 2 is 2.17 bits per heavy atom. The fourth-order valence-electron chi connectivity index (χ4n) is 2.36. The molecule has 5 heteroatoms. The van der Waals surface area contributed by atoms with Gasteiger partial charge >= 0.3 is 0 Å². The number of rotatable bonds is 6. The van der Waals surface area contributed by atoms with Crippen molar-refractivity contribution in [1.29, 1.82) is 0 Å². The molecule has 1 unspecified atom stereocenters. The van der Waals surface area contributed by atoms with Gasteiger partial charge in [-0.1, -0.05) is 13.8 Å². The maximum absolute atomic E-state index is 12.4. The Morgan fingerprint density at radius 1 is 1.50 bits per heavy atom. The van der Waals surface area contributed by atoms with Crippen LogP contribution in [0.1, 0.15) is 26.7 Å². The lowest BCUT2D eigenvalue weighted by molar-refractivity contribution is -0.144. The normalized spacial score (nSPS) is 17.4. The molecule has 18 heavy (non-hydrogen) atoms. The summed E-state index contributed by atoms with van der Waals surface area (Å²) in [5.41, 5.74) is 0. The van der Waals surface area contributed by atoms with Crippen LogP contribution in [-0.2, 0) is 9.59 Å². The highest BCUT2D eigenvalue weighted by molar-refractivity contribution is 5.88. The standard InChI is InChI=1S/C13H25N3O2/c1-10(2)12(16-8-5-6-11(16)17)13(18)15(4)9-7-14-3/h10,12,14H,5-9H2,1-4H3. The first-order valence-corrected chi connectivity index (χ1v) is 6.68. The minimum Gasteiger partial charge on any atom is -0.343 e. The molecule has 0 bridgehead atoms. The van der Waals surface area contributed by atoms with E-state index in [1.54, 1.807) is 16.8 Å². The van der Waals surface area contributed by atoms with Gasteiger partial charge in [-0.3, -0.25) is 9.59 Å². The predicted molar refractivity (Wildman–Crippen MR) is 71.1 cm³/mol. The van der Waals surface area contributed by atoms with Crippen LogP contribution in [0.5, 0.6) is 0 Å². The van der Waals surface area contributed by atoms with Crippen molar-refractivity contribution >= 4 is 11.8 Å². The highest BCUT2D eigenvalue weighted by atomic mass is 16.2. The lowest BCUT2D eigenvalue weighted by atomic mass is 10.0. The maximum Gasteiger partial charge on any atom is 0.245 e. The van der Waals surface area contributed by atoms with Gasteiger partial charge in [0.05, 0.1) is 0 Å². The molecule has 2 amide bonds. The minimum atomic E-state index is -0.304. The molecule has 0 aromatic rings. The number of carbonyl (C=O) groups excluding carboxylic acids is 2. The summed E-state index contributed by atoms with van der Waals surface area (Å²) in [5.74, 6) is 0.316. The second-order valence-electron chi connectivity index (χ2n) is 5.24. The van der Waals surface area contributed by atoms with Gasteiger partial charge in [-0.25, -0.2) is 0 Å². The van der Waals surface area contributed by atoms with Gasteiger partial charge in [0.1, 0.15) is 6.04 Å². The Morgan fingerprint density at radius 3 is 2.61 bits per heavy atom. The summed E-state index contributed by atoms with van der Waals surface area (Å²) in [6.07, 6.45) is 1.45. The number of amides is 2. The third-order valence-electron chi connectivity index (χ3n) is 3.40. The topological polar surface area (TPSA) is 52.7 Å². The fraction of sp³-hybridized carbons (Fsp3) is 0.846. The summed E-state index contributed by atoms with van der Waals surface area (Å²) in [4.78, 5) is 27.7. The molecule has 0 aliphatic carbocycles. The quantitative estimate of drug-likeness (QED) is 0.743. The first-order chi connectivity index (χ1) is 8.49. The molecule has 0 radical (unpaired) electrons.